The summed E-state index contributed by atoms with van der Waals surface area (Å²) < 4.78 is 11.2. The zero-order chi connectivity index (χ0) is 14.7. The van der Waals surface area contributed by atoms with E-state index in [0.717, 1.165) is 51.6 Å². The van der Waals surface area contributed by atoms with Crippen molar-refractivity contribution in [2.45, 2.75) is 31.8 Å². The van der Waals surface area contributed by atoms with Gasteiger partial charge in [0.1, 0.15) is 0 Å². The highest BCUT2D eigenvalue weighted by Gasteiger charge is 2.31. The average Bonchev–Trinajstić information content (AvgIpc) is 3.31. The third-order valence-corrected chi connectivity index (χ3v) is 4.80. The molecule has 3 fully saturated rings. The van der Waals surface area contributed by atoms with Crippen molar-refractivity contribution in [3.05, 3.63) is 0 Å². The van der Waals surface area contributed by atoms with Crippen molar-refractivity contribution >= 4 is 5.91 Å². The maximum atomic E-state index is 12.6. The van der Waals surface area contributed by atoms with E-state index in [-0.39, 0.29) is 12.0 Å². The molecule has 2 aliphatic heterocycles. The van der Waals surface area contributed by atoms with Crippen LogP contribution in [0.25, 0.3) is 0 Å². The fraction of sp³-hybridized carbons (Fsp3) is 0.938. The van der Waals surface area contributed by atoms with Crippen molar-refractivity contribution in [2.75, 3.05) is 53.0 Å². The summed E-state index contributed by atoms with van der Waals surface area (Å²) in [6.07, 6.45) is 4.69. The van der Waals surface area contributed by atoms with Crippen LogP contribution in [-0.4, -0.2) is 74.9 Å². The summed E-state index contributed by atoms with van der Waals surface area (Å²) in [6.45, 7) is 5.76. The molecule has 1 amide bonds. The number of nitrogens with zero attached hydrogens (tertiary/aromatic N) is 2. The Kier molecular flexibility index (Phi) is 5.14. The van der Waals surface area contributed by atoms with Crippen LogP contribution in [0.1, 0.15) is 25.7 Å². The molecule has 21 heavy (non-hydrogen) atoms. The molecule has 120 valence electrons. The predicted molar refractivity (Wildman–Crippen MR) is 80.1 cm³/mol. The zero-order valence-electron chi connectivity index (χ0n) is 13.1. The van der Waals surface area contributed by atoms with E-state index in [4.69, 9.17) is 9.47 Å². The molecule has 5 heteroatoms. The Morgan fingerprint density at radius 1 is 1.14 bits per heavy atom. The van der Waals surface area contributed by atoms with Gasteiger partial charge in [-0.1, -0.05) is 0 Å². The summed E-state index contributed by atoms with van der Waals surface area (Å²) >= 11 is 0. The molecule has 1 aliphatic carbocycles. The van der Waals surface area contributed by atoms with E-state index in [2.05, 4.69) is 11.9 Å². The molecule has 5 nitrogen and oxygen atoms in total. The first-order chi connectivity index (χ1) is 10.2. The molecule has 1 saturated carbocycles. The van der Waals surface area contributed by atoms with E-state index < -0.39 is 0 Å². The standard InChI is InChI=1S/C16H28N2O3/c1-17(10-13-2-3-13)11-15-12-18(6-9-21-15)16(19)14-4-7-20-8-5-14/h13-15H,2-12H2,1H3/t15-/m0/s1. The summed E-state index contributed by atoms with van der Waals surface area (Å²) in [5, 5.41) is 0. The third-order valence-electron chi connectivity index (χ3n) is 4.80. The highest BCUT2D eigenvalue weighted by Crippen LogP contribution is 2.29. The molecule has 0 aromatic carbocycles. The summed E-state index contributed by atoms with van der Waals surface area (Å²) in [5.41, 5.74) is 0. The van der Waals surface area contributed by atoms with Gasteiger partial charge in [-0.25, -0.2) is 0 Å². The van der Waals surface area contributed by atoms with Crippen LogP contribution in [0.2, 0.25) is 0 Å². The normalized spacial score (nSPS) is 28.1. The van der Waals surface area contributed by atoms with Gasteiger partial charge < -0.3 is 19.3 Å². The van der Waals surface area contributed by atoms with Gasteiger partial charge in [0.2, 0.25) is 5.91 Å². The van der Waals surface area contributed by atoms with Gasteiger partial charge in [-0.2, -0.15) is 0 Å². The molecule has 0 bridgehead atoms. The molecular formula is C16H28N2O3. The van der Waals surface area contributed by atoms with Crippen LogP contribution >= 0.6 is 0 Å². The Morgan fingerprint density at radius 2 is 1.90 bits per heavy atom. The van der Waals surface area contributed by atoms with E-state index in [1.54, 1.807) is 0 Å². The van der Waals surface area contributed by atoms with Crippen LogP contribution in [0.4, 0.5) is 0 Å². The minimum Gasteiger partial charge on any atom is -0.381 e. The fourth-order valence-corrected chi connectivity index (χ4v) is 3.40. The quantitative estimate of drug-likeness (QED) is 0.758. The van der Waals surface area contributed by atoms with Crippen molar-refractivity contribution in [3.63, 3.8) is 0 Å². The second-order valence-electron chi connectivity index (χ2n) is 6.83. The number of carbonyl (C=O) groups is 1. The molecule has 3 rings (SSSR count). The number of likely N-dealkylation sites (N-methyl/N-ethyl adjacent to an activating group) is 1. The highest BCUT2D eigenvalue weighted by atomic mass is 16.5. The predicted octanol–water partition coefficient (Wildman–Crippen LogP) is 0.982. The van der Waals surface area contributed by atoms with Crippen molar-refractivity contribution < 1.29 is 14.3 Å². The Bertz CT molecular complexity index is 353. The lowest BCUT2D eigenvalue weighted by atomic mass is 9.98. The van der Waals surface area contributed by atoms with E-state index >= 15 is 0 Å². The summed E-state index contributed by atoms with van der Waals surface area (Å²) in [4.78, 5) is 17.0. The zero-order valence-corrected chi connectivity index (χ0v) is 13.1. The topological polar surface area (TPSA) is 42.0 Å². The van der Waals surface area contributed by atoms with Gasteiger partial charge in [-0.15, -0.1) is 0 Å². The van der Waals surface area contributed by atoms with E-state index in [1.165, 1.54) is 19.4 Å². The number of hydrogen-bond donors (Lipinski definition) is 0. The first-order valence-electron chi connectivity index (χ1n) is 8.39. The van der Waals surface area contributed by atoms with Crippen molar-refractivity contribution in [1.29, 1.82) is 0 Å². The molecular weight excluding hydrogens is 268 g/mol. The van der Waals surface area contributed by atoms with Crippen molar-refractivity contribution in [2.24, 2.45) is 11.8 Å². The number of amides is 1. The highest BCUT2D eigenvalue weighted by molar-refractivity contribution is 5.79. The first kappa shape index (κ1) is 15.3. The van der Waals surface area contributed by atoms with Gasteiger partial charge in [0, 0.05) is 45.3 Å². The minimum absolute atomic E-state index is 0.168. The van der Waals surface area contributed by atoms with Gasteiger partial charge in [0.05, 0.1) is 12.7 Å². The molecule has 2 heterocycles. The van der Waals surface area contributed by atoms with Crippen LogP contribution in [0, 0.1) is 11.8 Å². The van der Waals surface area contributed by atoms with Crippen molar-refractivity contribution in [1.82, 2.24) is 9.80 Å². The van der Waals surface area contributed by atoms with Gasteiger partial charge in [0.25, 0.3) is 0 Å². The Labute approximate surface area is 127 Å². The Hall–Kier alpha value is -0.650. The molecule has 1 atom stereocenters. The maximum Gasteiger partial charge on any atom is 0.226 e. The van der Waals surface area contributed by atoms with Gasteiger partial charge in [-0.3, -0.25) is 4.79 Å². The molecule has 0 N–H and O–H groups in total. The van der Waals surface area contributed by atoms with Crippen LogP contribution in [0.15, 0.2) is 0 Å². The van der Waals surface area contributed by atoms with E-state index in [9.17, 15) is 4.79 Å². The largest absolute Gasteiger partial charge is 0.381 e. The Balaban J connectivity index is 1.46. The molecule has 0 spiro atoms. The van der Waals surface area contributed by atoms with Crippen LogP contribution in [0.3, 0.4) is 0 Å². The molecule has 0 aromatic heterocycles. The average molecular weight is 296 g/mol. The number of rotatable bonds is 5. The van der Waals surface area contributed by atoms with Crippen molar-refractivity contribution in [3.8, 4) is 0 Å². The maximum absolute atomic E-state index is 12.6. The van der Waals surface area contributed by atoms with E-state index in [0.29, 0.717) is 12.5 Å². The Morgan fingerprint density at radius 3 is 2.62 bits per heavy atom. The smallest absolute Gasteiger partial charge is 0.226 e. The van der Waals surface area contributed by atoms with Gasteiger partial charge >= 0.3 is 0 Å². The van der Waals surface area contributed by atoms with Crippen LogP contribution < -0.4 is 0 Å². The number of morpholine rings is 1. The summed E-state index contributed by atoms with van der Waals surface area (Å²) in [5.74, 6) is 1.39. The molecule has 2 saturated heterocycles. The third kappa shape index (κ3) is 4.41. The number of carbonyl (C=O) groups excluding carboxylic acids is 1. The molecule has 3 aliphatic rings. The second kappa shape index (κ2) is 7.07. The van der Waals surface area contributed by atoms with Crippen LogP contribution in [0.5, 0.6) is 0 Å². The lowest BCUT2D eigenvalue weighted by molar-refractivity contribution is -0.146. The second-order valence-corrected chi connectivity index (χ2v) is 6.83. The molecule has 0 radical (unpaired) electrons. The summed E-state index contributed by atoms with van der Waals surface area (Å²) in [7, 11) is 2.17. The number of ether oxygens (including phenoxy) is 2. The molecule has 0 aromatic rings. The number of hydrogen-bond acceptors (Lipinski definition) is 4. The fourth-order valence-electron chi connectivity index (χ4n) is 3.40. The van der Waals surface area contributed by atoms with Gasteiger partial charge in [-0.05, 0) is 38.6 Å². The van der Waals surface area contributed by atoms with E-state index in [1.807, 2.05) is 4.90 Å². The lowest BCUT2D eigenvalue weighted by Crippen LogP contribution is -2.51. The monoisotopic (exact) mass is 296 g/mol. The summed E-state index contributed by atoms with van der Waals surface area (Å²) in [6, 6.07) is 0. The lowest BCUT2D eigenvalue weighted by Gasteiger charge is -2.37. The SMILES string of the molecule is CN(CC1CC1)C[C@H]1CN(C(=O)C2CCOCC2)CCO1. The minimum atomic E-state index is 0.168. The van der Waals surface area contributed by atoms with Crippen LogP contribution in [-0.2, 0) is 14.3 Å². The first-order valence-corrected chi connectivity index (χ1v) is 8.39. The molecule has 0 unspecified atom stereocenters. The van der Waals surface area contributed by atoms with Gasteiger partial charge in [0.15, 0.2) is 0 Å².